The number of hydrogen-bond donors (Lipinski definition) is 1. The fourth-order valence-electron chi connectivity index (χ4n) is 20.3. The molecular formula is C98H122N24O2. The first-order chi connectivity index (χ1) is 60.7. The molecule has 0 aromatic carbocycles. The SMILES string of the molecule is COCc1c([C@H]2CCC[C@@H](c3ncccc3C)N2C)nc2cccc(N3CCN(C)CC3)n12.Cc1cccnc1[C@@H]1CCC[C@H](c2cn3ccccc3n2)N1CCc1cnccn1.Cc1cccnc1[C@@H]1CCC[C@H](c2cn3ccccc3n2)N1CCn1cccn1.Cc1cccnc1[C@@H]1CCC[C@H](c2nc3cccc(N4CCN(C)CC4)n3c2CO)N1C. The van der Waals surface area contributed by atoms with Gasteiger partial charge in [0, 0.05) is 160 Å². The smallest absolute Gasteiger partial charge is 0.138 e. The molecule has 20 heterocycles. The van der Waals surface area contributed by atoms with Crippen molar-refractivity contribution >= 4 is 34.2 Å². The van der Waals surface area contributed by atoms with E-state index in [-0.39, 0.29) is 42.9 Å². The van der Waals surface area contributed by atoms with Crippen molar-refractivity contribution in [3.8, 4) is 0 Å². The highest BCUT2D eigenvalue weighted by Crippen LogP contribution is 2.47. The number of anilines is 2. The average molecular weight is 1670 g/mol. The summed E-state index contributed by atoms with van der Waals surface area (Å²) in [4.78, 5) is 67.8. The highest BCUT2D eigenvalue weighted by Gasteiger charge is 2.40. The molecule has 646 valence electrons. The van der Waals surface area contributed by atoms with Crippen LogP contribution in [0.3, 0.4) is 0 Å². The third kappa shape index (κ3) is 18.5. The van der Waals surface area contributed by atoms with Crippen LogP contribution in [0.4, 0.5) is 11.6 Å². The number of methoxy groups -OCH3 is 1. The molecule has 0 aliphatic carbocycles. The molecule has 6 saturated heterocycles. The normalized spacial score (nSPS) is 21.6. The van der Waals surface area contributed by atoms with Crippen molar-refractivity contribution in [2.24, 2.45) is 0 Å². The van der Waals surface area contributed by atoms with Crippen molar-refractivity contribution in [2.45, 2.75) is 179 Å². The Morgan fingerprint density at radius 3 is 1.23 bits per heavy atom. The zero-order valence-corrected chi connectivity index (χ0v) is 73.7. The number of fused-ring (bicyclic) bond motifs is 4. The van der Waals surface area contributed by atoms with Gasteiger partial charge in [-0.1, -0.05) is 48.5 Å². The third-order valence-corrected chi connectivity index (χ3v) is 26.9. The predicted octanol–water partition coefficient (Wildman–Crippen LogP) is 15.6. The van der Waals surface area contributed by atoms with Gasteiger partial charge in [-0.25, -0.2) is 19.9 Å². The van der Waals surface area contributed by atoms with Gasteiger partial charge in [-0.15, -0.1) is 0 Å². The summed E-state index contributed by atoms with van der Waals surface area (Å²) < 4.78 is 16.5. The van der Waals surface area contributed by atoms with Gasteiger partial charge < -0.3 is 38.2 Å². The number of piperidine rings is 4. The number of aliphatic hydroxyl groups is 1. The Balaban J connectivity index is 0.000000117. The fraction of sp³-hybridized carbons (Fsp3) is 0.439. The zero-order chi connectivity index (χ0) is 85.2. The van der Waals surface area contributed by atoms with E-state index < -0.39 is 0 Å². The molecule has 6 fully saturated rings. The van der Waals surface area contributed by atoms with Crippen LogP contribution in [-0.2, 0) is 30.9 Å². The number of aryl methyl sites for hydroxylation is 4. The molecule has 6 aliphatic rings. The molecule has 124 heavy (non-hydrogen) atoms. The first-order valence-corrected chi connectivity index (χ1v) is 44.9. The topological polar surface area (TPSA) is 220 Å². The van der Waals surface area contributed by atoms with Crippen LogP contribution in [0.2, 0.25) is 0 Å². The first-order valence-electron chi connectivity index (χ1n) is 44.9. The van der Waals surface area contributed by atoms with Crippen molar-refractivity contribution < 1.29 is 9.84 Å². The van der Waals surface area contributed by atoms with Gasteiger partial charge in [0.05, 0.1) is 131 Å². The number of hydrogen-bond acceptors (Lipinski definition) is 21. The van der Waals surface area contributed by atoms with Crippen LogP contribution < -0.4 is 9.80 Å². The monoisotopic (exact) mass is 1670 g/mol. The Morgan fingerprint density at radius 2 is 0.806 bits per heavy atom. The van der Waals surface area contributed by atoms with Gasteiger partial charge >= 0.3 is 0 Å². The van der Waals surface area contributed by atoms with Crippen LogP contribution >= 0.6 is 0 Å². The fourth-order valence-corrected chi connectivity index (χ4v) is 20.3. The van der Waals surface area contributed by atoms with Crippen LogP contribution in [0.5, 0.6) is 0 Å². The maximum Gasteiger partial charge on any atom is 0.138 e. The lowest BCUT2D eigenvalue weighted by Gasteiger charge is -2.41. The average Bonchev–Trinajstić information content (AvgIpc) is 1.61. The molecule has 6 aliphatic heterocycles. The summed E-state index contributed by atoms with van der Waals surface area (Å²) in [6.07, 6.45) is 39.7. The van der Waals surface area contributed by atoms with E-state index in [4.69, 9.17) is 44.6 Å². The Morgan fingerprint density at radius 1 is 0.379 bits per heavy atom. The van der Waals surface area contributed by atoms with E-state index >= 15 is 0 Å². The van der Waals surface area contributed by atoms with E-state index in [1.54, 1.807) is 19.5 Å². The molecule has 26 nitrogen and oxygen atoms in total. The number of ether oxygens (including phenoxy) is 1. The number of pyridine rings is 8. The number of nitrogens with zero attached hydrogens (tertiary/aromatic N) is 24. The second kappa shape index (κ2) is 39.4. The number of rotatable bonds is 19. The lowest BCUT2D eigenvalue weighted by atomic mass is 9.90. The largest absolute Gasteiger partial charge is 0.390 e. The van der Waals surface area contributed by atoms with Crippen molar-refractivity contribution in [1.29, 1.82) is 0 Å². The minimum atomic E-state index is -0.0150. The van der Waals surface area contributed by atoms with Crippen molar-refractivity contribution in [3.63, 3.8) is 0 Å². The van der Waals surface area contributed by atoms with Crippen LogP contribution in [-0.4, -0.2) is 212 Å². The first kappa shape index (κ1) is 85.1. The summed E-state index contributed by atoms with van der Waals surface area (Å²) >= 11 is 0. The molecule has 14 aromatic rings. The number of aliphatic hydroxyl groups excluding tert-OH is 1. The third-order valence-electron chi connectivity index (χ3n) is 26.9. The molecular weight excluding hydrogens is 1550 g/mol. The van der Waals surface area contributed by atoms with Crippen molar-refractivity contribution in [2.75, 3.05) is 111 Å². The van der Waals surface area contributed by atoms with E-state index in [0.717, 1.165) is 204 Å². The van der Waals surface area contributed by atoms with Gasteiger partial charge in [0.25, 0.3) is 0 Å². The Kier molecular flexibility index (Phi) is 27.1. The highest BCUT2D eigenvalue weighted by molar-refractivity contribution is 5.57. The standard InChI is InChI=1S/C26H36N6O.C25H34N6O.C24H26N6.C23H26N6/c1-19-8-7-13-27-25(19)20-9-5-10-21(30(20)3)26-22(18-33-4)32-23(28-26)11-6-12-24(32)31-16-14-29(2)15-17-31;1-18-7-6-12-26-24(18)19-8-4-9-20(29(19)3)25-21(17-32)31-22(27-25)10-5-11-23(31)30-15-13-28(2)14-16-30;1-18-6-5-11-27-24(18)22-8-4-7-21(20-17-29-14-3-2-9-23(29)28-20)30(22)15-10-19-16-25-12-13-26-19;1-18-7-5-11-24-23(18)21-9-4-8-20(29(21)16-15-28-14-6-12-25-28)19-17-27-13-3-2-10-22(27)26-19/h6-8,11-13,20-21H,5,9-10,14-18H2,1-4H3;5-7,10-12,19-20,32H,4,8-9,13-17H2,1-3H3;2-3,5-6,9,11-14,16-17,21-22H,4,7-8,10,15H2,1H3;2-3,5-7,10-14,17,20-21H,4,8-9,15-16H2,1H3/t20-,21+;19-,20+;21-,22+;20-,21+/m0011/s1. The minimum Gasteiger partial charge on any atom is -0.390 e. The number of piperazine rings is 2. The Bertz CT molecular complexity index is 5740. The lowest BCUT2D eigenvalue weighted by Crippen LogP contribution is -2.45. The van der Waals surface area contributed by atoms with Crippen LogP contribution in [0.1, 0.15) is 210 Å². The molecule has 0 spiro atoms. The zero-order valence-electron chi connectivity index (χ0n) is 73.7. The van der Waals surface area contributed by atoms with Crippen LogP contribution in [0, 0.1) is 27.7 Å². The summed E-state index contributed by atoms with van der Waals surface area (Å²) in [5, 5.41) is 14.9. The number of likely N-dealkylation sites (tertiary alicyclic amines) is 4. The molecule has 0 bridgehead atoms. The highest BCUT2D eigenvalue weighted by atomic mass is 16.5. The molecule has 1 N–H and O–H groups in total. The summed E-state index contributed by atoms with van der Waals surface area (Å²) in [5.41, 5.74) is 21.3. The molecule has 0 amide bonds. The maximum atomic E-state index is 10.5. The Hall–Kier alpha value is -11.1. The van der Waals surface area contributed by atoms with E-state index in [9.17, 15) is 5.11 Å². The second-order valence-electron chi connectivity index (χ2n) is 34.7. The van der Waals surface area contributed by atoms with Gasteiger partial charge in [0.1, 0.15) is 34.2 Å². The van der Waals surface area contributed by atoms with Gasteiger partial charge in [0.2, 0.25) is 0 Å². The van der Waals surface area contributed by atoms with Gasteiger partial charge in [-0.2, -0.15) is 5.10 Å². The molecule has 14 aromatic heterocycles. The summed E-state index contributed by atoms with van der Waals surface area (Å²) in [6.45, 7) is 20.1. The van der Waals surface area contributed by atoms with E-state index in [1.165, 1.54) is 70.1 Å². The minimum absolute atomic E-state index is 0.0150. The predicted molar refractivity (Wildman–Crippen MR) is 487 cm³/mol. The van der Waals surface area contributed by atoms with Crippen molar-refractivity contribution in [3.05, 3.63) is 293 Å². The summed E-state index contributed by atoms with van der Waals surface area (Å²) in [6, 6.07) is 46.0. The molecule has 8 atom stereocenters. The maximum absolute atomic E-state index is 10.5. The number of likely N-dealkylation sites (N-methyl/N-ethyl adjacent to an activating group) is 2. The molecule has 0 radical (unpaired) electrons. The second-order valence-corrected chi connectivity index (χ2v) is 34.7. The van der Waals surface area contributed by atoms with E-state index in [2.05, 4.69) is 231 Å². The summed E-state index contributed by atoms with van der Waals surface area (Å²) in [7, 11) is 10.6. The van der Waals surface area contributed by atoms with Crippen LogP contribution in [0.25, 0.3) is 22.6 Å². The number of imidazole rings is 4. The lowest BCUT2D eigenvalue weighted by molar-refractivity contribution is 0.0717. The quantitative estimate of drug-likeness (QED) is 0.0795. The van der Waals surface area contributed by atoms with Crippen molar-refractivity contribution in [1.82, 2.24) is 107 Å². The molecule has 20 rings (SSSR count). The van der Waals surface area contributed by atoms with Gasteiger partial charge in [-0.3, -0.25) is 63.0 Å². The van der Waals surface area contributed by atoms with Crippen LogP contribution in [0.15, 0.2) is 208 Å². The van der Waals surface area contributed by atoms with Gasteiger partial charge in [-0.05, 0) is 234 Å². The Labute approximate surface area is 729 Å². The number of aromatic nitrogens is 16. The van der Waals surface area contributed by atoms with E-state index in [1.807, 2.05) is 96.6 Å². The summed E-state index contributed by atoms with van der Waals surface area (Å²) in [5.74, 6) is 2.36. The molecule has 0 saturated carbocycles. The molecule has 0 unspecified atom stereocenters. The van der Waals surface area contributed by atoms with E-state index in [0.29, 0.717) is 18.7 Å². The van der Waals surface area contributed by atoms with Gasteiger partial charge in [0.15, 0.2) is 0 Å². The molecule has 26 heteroatoms.